The minimum atomic E-state index is 0.291. The summed E-state index contributed by atoms with van der Waals surface area (Å²) in [6, 6.07) is 6.40. The zero-order valence-corrected chi connectivity index (χ0v) is 14.4. The van der Waals surface area contributed by atoms with Crippen LogP contribution < -0.4 is 10.1 Å². The third kappa shape index (κ3) is 4.32. The van der Waals surface area contributed by atoms with Crippen LogP contribution >= 0.6 is 15.9 Å². The van der Waals surface area contributed by atoms with E-state index >= 15 is 0 Å². The van der Waals surface area contributed by atoms with Crippen LogP contribution in [0.3, 0.4) is 0 Å². The van der Waals surface area contributed by atoms with Gasteiger partial charge in [0.2, 0.25) is 0 Å². The fraction of sp³-hybridized carbons (Fsp3) is 0.438. The van der Waals surface area contributed by atoms with Gasteiger partial charge in [0.25, 0.3) is 0 Å². The molecule has 0 saturated heterocycles. The Morgan fingerprint density at radius 1 is 1.43 bits per heavy atom. The Balaban J connectivity index is 2.14. The second kappa shape index (κ2) is 7.61. The molecule has 1 aromatic carbocycles. The number of methoxy groups -OCH3 is 1. The zero-order valence-electron chi connectivity index (χ0n) is 12.8. The van der Waals surface area contributed by atoms with Crippen molar-refractivity contribution in [2.75, 3.05) is 13.7 Å². The average molecular weight is 352 g/mol. The predicted octanol–water partition coefficient (Wildman–Crippen LogP) is 3.47. The van der Waals surface area contributed by atoms with Crippen molar-refractivity contribution in [3.05, 3.63) is 46.2 Å². The van der Waals surface area contributed by atoms with E-state index in [0.29, 0.717) is 6.04 Å². The number of hydrogen-bond donors (Lipinski definition) is 1. The molecule has 1 aromatic heterocycles. The lowest BCUT2D eigenvalue weighted by molar-refractivity contribution is 0.412. The van der Waals surface area contributed by atoms with E-state index in [9.17, 15) is 0 Å². The van der Waals surface area contributed by atoms with Crippen LogP contribution in [0.4, 0.5) is 0 Å². The standard InChI is InChI=1S/C16H22BrN3O/c1-4-18-16(8-5-12-10-19-20(2)11-12)14-9-13(21-3)6-7-15(14)17/h6-7,9-11,16,18H,4-5,8H2,1-3H3. The Bertz CT molecular complexity index is 583. The maximum atomic E-state index is 5.34. The molecule has 2 rings (SSSR count). The summed E-state index contributed by atoms with van der Waals surface area (Å²) in [5, 5.41) is 7.78. The lowest BCUT2D eigenvalue weighted by atomic mass is 10.00. The van der Waals surface area contributed by atoms with Gasteiger partial charge in [-0.3, -0.25) is 4.68 Å². The molecule has 1 atom stereocenters. The number of nitrogens with zero attached hydrogens (tertiary/aromatic N) is 2. The second-order valence-corrected chi connectivity index (χ2v) is 5.91. The summed E-state index contributed by atoms with van der Waals surface area (Å²) in [6.45, 7) is 3.06. The van der Waals surface area contributed by atoms with Gasteiger partial charge in [0, 0.05) is 23.8 Å². The van der Waals surface area contributed by atoms with Crippen LogP contribution in [0.15, 0.2) is 35.1 Å². The lowest BCUT2D eigenvalue weighted by Gasteiger charge is -2.20. The van der Waals surface area contributed by atoms with Crippen LogP contribution in [0.5, 0.6) is 5.75 Å². The summed E-state index contributed by atoms with van der Waals surface area (Å²) >= 11 is 3.65. The molecule has 0 aliphatic rings. The van der Waals surface area contributed by atoms with Crippen LogP contribution in [0.1, 0.15) is 30.5 Å². The third-order valence-corrected chi connectivity index (χ3v) is 4.23. The lowest BCUT2D eigenvalue weighted by Crippen LogP contribution is -2.22. The van der Waals surface area contributed by atoms with E-state index in [-0.39, 0.29) is 0 Å². The molecule has 0 saturated carbocycles. The average Bonchev–Trinajstić information content (AvgIpc) is 2.90. The fourth-order valence-corrected chi connectivity index (χ4v) is 2.96. The Morgan fingerprint density at radius 3 is 2.86 bits per heavy atom. The molecule has 1 unspecified atom stereocenters. The van der Waals surface area contributed by atoms with Crippen molar-refractivity contribution < 1.29 is 4.74 Å². The summed E-state index contributed by atoms with van der Waals surface area (Å²) in [5.41, 5.74) is 2.50. The number of nitrogens with one attached hydrogen (secondary N) is 1. The van der Waals surface area contributed by atoms with Gasteiger partial charge in [-0.25, -0.2) is 0 Å². The van der Waals surface area contributed by atoms with E-state index in [4.69, 9.17) is 4.74 Å². The summed E-state index contributed by atoms with van der Waals surface area (Å²) in [5.74, 6) is 0.887. The SMILES string of the molecule is CCNC(CCc1cnn(C)c1)c1cc(OC)ccc1Br. The van der Waals surface area contributed by atoms with E-state index in [1.807, 2.05) is 30.1 Å². The minimum absolute atomic E-state index is 0.291. The van der Waals surface area contributed by atoms with Crippen LogP contribution in [0, 0.1) is 0 Å². The Morgan fingerprint density at radius 2 is 2.24 bits per heavy atom. The highest BCUT2D eigenvalue weighted by Crippen LogP contribution is 2.30. The molecule has 0 radical (unpaired) electrons. The molecule has 0 spiro atoms. The van der Waals surface area contributed by atoms with E-state index in [1.54, 1.807) is 7.11 Å². The maximum absolute atomic E-state index is 5.34. The highest BCUT2D eigenvalue weighted by Gasteiger charge is 2.15. The van der Waals surface area contributed by atoms with Gasteiger partial charge in [-0.1, -0.05) is 22.9 Å². The molecule has 1 heterocycles. The van der Waals surface area contributed by atoms with Crippen LogP contribution in [-0.2, 0) is 13.5 Å². The molecule has 21 heavy (non-hydrogen) atoms. The highest BCUT2D eigenvalue weighted by molar-refractivity contribution is 9.10. The number of benzene rings is 1. The molecule has 0 aliphatic carbocycles. The van der Waals surface area contributed by atoms with Crippen molar-refractivity contribution in [2.24, 2.45) is 7.05 Å². The highest BCUT2D eigenvalue weighted by atomic mass is 79.9. The van der Waals surface area contributed by atoms with Crippen molar-refractivity contribution in [2.45, 2.75) is 25.8 Å². The molecule has 0 fully saturated rings. The van der Waals surface area contributed by atoms with Crippen molar-refractivity contribution in [3.8, 4) is 5.75 Å². The molecule has 114 valence electrons. The Hall–Kier alpha value is -1.33. The number of hydrogen-bond acceptors (Lipinski definition) is 3. The molecule has 2 aromatic rings. The van der Waals surface area contributed by atoms with Crippen molar-refractivity contribution >= 4 is 15.9 Å². The summed E-state index contributed by atoms with van der Waals surface area (Å²) < 4.78 is 8.30. The smallest absolute Gasteiger partial charge is 0.119 e. The number of aromatic nitrogens is 2. The normalized spacial score (nSPS) is 12.4. The van der Waals surface area contributed by atoms with Crippen LogP contribution in [-0.4, -0.2) is 23.4 Å². The molecule has 0 aliphatic heterocycles. The zero-order chi connectivity index (χ0) is 15.2. The molecule has 5 heteroatoms. The molecular weight excluding hydrogens is 330 g/mol. The van der Waals surface area contributed by atoms with Gasteiger partial charge in [-0.05, 0) is 48.7 Å². The predicted molar refractivity (Wildman–Crippen MR) is 88.6 cm³/mol. The van der Waals surface area contributed by atoms with Gasteiger partial charge in [0.05, 0.1) is 13.3 Å². The Labute approximate surface area is 134 Å². The molecular formula is C16H22BrN3O. The van der Waals surface area contributed by atoms with Gasteiger partial charge in [-0.15, -0.1) is 0 Å². The first-order valence-corrected chi connectivity index (χ1v) is 7.97. The number of rotatable bonds is 7. The van der Waals surface area contributed by atoms with E-state index < -0.39 is 0 Å². The fourth-order valence-electron chi connectivity index (χ4n) is 2.44. The maximum Gasteiger partial charge on any atom is 0.119 e. The molecule has 0 amide bonds. The summed E-state index contributed by atoms with van der Waals surface area (Å²) in [7, 11) is 3.65. The van der Waals surface area contributed by atoms with Crippen molar-refractivity contribution in [3.63, 3.8) is 0 Å². The van der Waals surface area contributed by atoms with Gasteiger partial charge in [0.1, 0.15) is 5.75 Å². The van der Waals surface area contributed by atoms with Crippen molar-refractivity contribution in [1.29, 1.82) is 0 Å². The molecule has 0 bridgehead atoms. The first kappa shape index (κ1) is 16.0. The molecule has 1 N–H and O–H groups in total. The van der Waals surface area contributed by atoms with Crippen LogP contribution in [0.2, 0.25) is 0 Å². The van der Waals surface area contributed by atoms with E-state index in [0.717, 1.165) is 29.6 Å². The van der Waals surface area contributed by atoms with Gasteiger partial charge in [0.15, 0.2) is 0 Å². The summed E-state index contributed by atoms with van der Waals surface area (Å²) in [4.78, 5) is 0. The molecule has 4 nitrogen and oxygen atoms in total. The topological polar surface area (TPSA) is 39.1 Å². The summed E-state index contributed by atoms with van der Waals surface area (Å²) in [6.07, 6.45) is 6.02. The number of halogens is 1. The minimum Gasteiger partial charge on any atom is -0.497 e. The second-order valence-electron chi connectivity index (χ2n) is 5.06. The van der Waals surface area contributed by atoms with Gasteiger partial charge >= 0.3 is 0 Å². The third-order valence-electron chi connectivity index (χ3n) is 3.51. The first-order chi connectivity index (χ1) is 10.1. The van der Waals surface area contributed by atoms with E-state index in [2.05, 4.69) is 45.5 Å². The number of ether oxygens (including phenoxy) is 1. The largest absolute Gasteiger partial charge is 0.497 e. The monoisotopic (exact) mass is 351 g/mol. The van der Waals surface area contributed by atoms with Crippen LogP contribution in [0.25, 0.3) is 0 Å². The van der Waals surface area contributed by atoms with E-state index in [1.165, 1.54) is 11.1 Å². The van der Waals surface area contributed by atoms with Crippen molar-refractivity contribution in [1.82, 2.24) is 15.1 Å². The quantitative estimate of drug-likeness (QED) is 0.829. The van der Waals surface area contributed by atoms with Gasteiger partial charge in [-0.2, -0.15) is 5.10 Å². The Kier molecular flexibility index (Phi) is 5.82. The van der Waals surface area contributed by atoms with Gasteiger partial charge < -0.3 is 10.1 Å². The first-order valence-electron chi connectivity index (χ1n) is 7.18. The number of aryl methyl sites for hydroxylation is 2.